The van der Waals surface area contributed by atoms with Gasteiger partial charge in [0.1, 0.15) is 11.4 Å². The van der Waals surface area contributed by atoms with E-state index in [4.69, 9.17) is 4.74 Å². The number of likely N-dealkylation sites (tertiary alicyclic amines) is 1. The molecule has 1 amide bonds. The molecule has 4 nitrogen and oxygen atoms in total. The quantitative estimate of drug-likeness (QED) is 0.786. The maximum absolute atomic E-state index is 12.9. The Bertz CT molecular complexity index is 533. The van der Waals surface area contributed by atoms with Crippen molar-refractivity contribution in [3.8, 4) is 0 Å². The maximum Gasteiger partial charge on any atom is 0.410 e. The Labute approximate surface area is 123 Å². The van der Waals surface area contributed by atoms with Crippen LogP contribution < -0.4 is 0 Å². The highest BCUT2D eigenvalue weighted by molar-refractivity contribution is 5.98. The molecule has 114 valence electrons. The second kappa shape index (κ2) is 5.84. The Balaban J connectivity index is 1.97. The molecule has 0 unspecified atom stereocenters. The van der Waals surface area contributed by atoms with E-state index in [2.05, 4.69) is 0 Å². The summed E-state index contributed by atoms with van der Waals surface area (Å²) < 4.78 is 18.2. The van der Waals surface area contributed by atoms with Crippen molar-refractivity contribution in [2.24, 2.45) is 5.92 Å². The molecule has 0 N–H and O–H groups in total. The summed E-state index contributed by atoms with van der Waals surface area (Å²) in [5.41, 5.74) is -0.0664. The molecule has 0 aromatic heterocycles. The summed E-state index contributed by atoms with van der Waals surface area (Å²) in [4.78, 5) is 25.8. The first kappa shape index (κ1) is 15.5. The summed E-state index contributed by atoms with van der Waals surface area (Å²) in [6, 6.07) is 5.50. The van der Waals surface area contributed by atoms with Crippen molar-refractivity contribution >= 4 is 11.9 Å². The zero-order valence-electron chi connectivity index (χ0n) is 12.6. The third-order valence-corrected chi connectivity index (χ3v) is 3.34. The van der Waals surface area contributed by atoms with E-state index in [0.717, 1.165) is 0 Å². The lowest BCUT2D eigenvalue weighted by molar-refractivity contribution is 0.0289. The zero-order chi connectivity index (χ0) is 15.6. The summed E-state index contributed by atoms with van der Waals surface area (Å²) in [5.74, 6) is -0.669. The number of benzene rings is 1. The van der Waals surface area contributed by atoms with Crippen molar-refractivity contribution in [1.82, 2.24) is 4.90 Å². The zero-order valence-corrected chi connectivity index (χ0v) is 12.6. The highest BCUT2D eigenvalue weighted by Crippen LogP contribution is 2.23. The van der Waals surface area contributed by atoms with Crippen molar-refractivity contribution in [3.05, 3.63) is 35.6 Å². The largest absolute Gasteiger partial charge is 0.444 e. The van der Waals surface area contributed by atoms with Crippen LogP contribution in [0, 0.1) is 11.7 Å². The first-order valence-electron chi connectivity index (χ1n) is 7.04. The van der Waals surface area contributed by atoms with Crippen LogP contribution in [-0.4, -0.2) is 35.5 Å². The summed E-state index contributed by atoms with van der Waals surface area (Å²) >= 11 is 0. The molecule has 0 aliphatic carbocycles. The highest BCUT2D eigenvalue weighted by Gasteiger charge is 2.33. The number of ether oxygens (including phenoxy) is 1. The Morgan fingerprint density at radius 3 is 2.43 bits per heavy atom. The van der Waals surface area contributed by atoms with E-state index in [-0.39, 0.29) is 17.5 Å². The molecule has 1 aliphatic heterocycles. The number of ketones is 1. The van der Waals surface area contributed by atoms with E-state index < -0.39 is 11.7 Å². The smallest absolute Gasteiger partial charge is 0.410 e. The molecular weight excluding hydrogens is 273 g/mol. The van der Waals surface area contributed by atoms with Crippen molar-refractivity contribution in [2.75, 3.05) is 13.1 Å². The van der Waals surface area contributed by atoms with Gasteiger partial charge in [0.15, 0.2) is 5.78 Å². The van der Waals surface area contributed by atoms with Crippen LogP contribution in [0.2, 0.25) is 0 Å². The standard InChI is InChI=1S/C16H20FNO3/c1-16(2,3)21-15(20)18-9-8-12(10-18)14(19)11-4-6-13(17)7-5-11/h4-7,12H,8-10H2,1-3H3/t12-/m1/s1. The predicted molar refractivity (Wildman–Crippen MR) is 76.6 cm³/mol. The van der Waals surface area contributed by atoms with Crippen LogP contribution in [0.25, 0.3) is 0 Å². The third-order valence-electron chi connectivity index (χ3n) is 3.34. The van der Waals surface area contributed by atoms with Crippen LogP contribution in [0.5, 0.6) is 0 Å². The highest BCUT2D eigenvalue weighted by atomic mass is 19.1. The summed E-state index contributed by atoms with van der Waals surface area (Å²) in [5, 5.41) is 0. The van der Waals surface area contributed by atoms with Gasteiger partial charge in [0.25, 0.3) is 0 Å². The second-order valence-electron chi connectivity index (χ2n) is 6.28. The van der Waals surface area contributed by atoms with Gasteiger partial charge in [0.05, 0.1) is 0 Å². The lowest BCUT2D eigenvalue weighted by Gasteiger charge is -2.24. The topological polar surface area (TPSA) is 46.6 Å². The van der Waals surface area contributed by atoms with E-state index in [1.54, 1.807) is 4.90 Å². The average Bonchev–Trinajstić information content (AvgIpc) is 2.86. The number of carbonyl (C=O) groups excluding carboxylic acids is 2. The molecule has 0 bridgehead atoms. The minimum Gasteiger partial charge on any atom is -0.444 e. The van der Waals surface area contributed by atoms with Gasteiger partial charge in [-0.3, -0.25) is 4.79 Å². The second-order valence-corrected chi connectivity index (χ2v) is 6.28. The van der Waals surface area contributed by atoms with Crippen LogP contribution in [0.4, 0.5) is 9.18 Å². The predicted octanol–water partition coefficient (Wildman–Crippen LogP) is 3.27. The summed E-state index contributed by atoms with van der Waals surface area (Å²) in [6.45, 7) is 6.28. The normalized spacial score (nSPS) is 18.7. The molecule has 1 fully saturated rings. The van der Waals surface area contributed by atoms with Gasteiger partial charge >= 0.3 is 6.09 Å². The molecule has 0 radical (unpaired) electrons. The van der Waals surface area contributed by atoms with Gasteiger partial charge in [-0.2, -0.15) is 0 Å². The van der Waals surface area contributed by atoms with Crippen molar-refractivity contribution in [3.63, 3.8) is 0 Å². The molecule has 2 rings (SSSR count). The van der Waals surface area contributed by atoms with Gasteiger partial charge < -0.3 is 9.64 Å². The summed E-state index contributed by atoms with van der Waals surface area (Å²) in [7, 11) is 0. The average molecular weight is 293 g/mol. The monoisotopic (exact) mass is 293 g/mol. The number of rotatable bonds is 2. The van der Waals surface area contributed by atoms with Crippen molar-refractivity contribution < 1.29 is 18.7 Å². The van der Waals surface area contributed by atoms with Crippen LogP contribution in [0.15, 0.2) is 24.3 Å². The van der Waals surface area contributed by atoms with Gasteiger partial charge in [-0.05, 0) is 51.5 Å². The molecule has 1 saturated heterocycles. The molecule has 1 atom stereocenters. The van der Waals surface area contributed by atoms with Crippen LogP contribution >= 0.6 is 0 Å². The van der Waals surface area contributed by atoms with E-state index in [1.165, 1.54) is 24.3 Å². The Morgan fingerprint density at radius 1 is 1.24 bits per heavy atom. The van der Waals surface area contributed by atoms with Gasteiger partial charge in [-0.25, -0.2) is 9.18 Å². The fourth-order valence-electron chi connectivity index (χ4n) is 2.32. The number of Topliss-reactive ketones (excluding diaryl/α,β-unsaturated/α-hetero) is 1. The molecule has 0 spiro atoms. The van der Waals surface area contributed by atoms with Crippen molar-refractivity contribution in [1.29, 1.82) is 0 Å². The Kier molecular flexibility index (Phi) is 4.30. The Hall–Kier alpha value is -1.91. The number of carbonyl (C=O) groups is 2. The fourth-order valence-corrected chi connectivity index (χ4v) is 2.32. The molecule has 1 heterocycles. The fraction of sp³-hybridized carbons (Fsp3) is 0.500. The Morgan fingerprint density at radius 2 is 1.86 bits per heavy atom. The van der Waals surface area contributed by atoms with Gasteiger partial charge in [-0.1, -0.05) is 0 Å². The molecule has 0 saturated carbocycles. The minimum absolute atomic E-state index is 0.0546. The van der Waals surface area contributed by atoms with Gasteiger partial charge in [0, 0.05) is 24.6 Å². The van der Waals surface area contributed by atoms with Crippen molar-refractivity contribution in [2.45, 2.75) is 32.8 Å². The maximum atomic E-state index is 12.9. The van der Waals surface area contributed by atoms with Gasteiger partial charge in [0.2, 0.25) is 0 Å². The van der Waals surface area contributed by atoms with E-state index >= 15 is 0 Å². The first-order valence-corrected chi connectivity index (χ1v) is 7.04. The molecule has 21 heavy (non-hydrogen) atoms. The lowest BCUT2D eigenvalue weighted by atomic mass is 9.97. The minimum atomic E-state index is -0.546. The van der Waals surface area contributed by atoms with Crippen LogP contribution in [0.3, 0.4) is 0 Å². The number of nitrogens with zero attached hydrogens (tertiary/aromatic N) is 1. The SMILES string of the molecule is CC(C)(C)OC(=O)N1CC[C@@H](C(=O)c2ccc(F)cc2)C1. The summed E-state index contributed by atoms with van der Waals surface area (Å²) in [6.07, 6.45) is 0.215. The van der Waals surface area contributed by atoms with Gasteiger partial charge in [-0.15, -0.1) is 0 Å². The van der Waals surface area contributed by atoms with E-state index in [1.807, 2.05) is 20.8 Å². The molecule has 1 aromatic carbocycles. The molecule has 1 aromatic rings. The number of halogens is 1. The molecular formula is C16H20FNO3. The van der Waals surface area contributed by atoms with E-state index in [0.29, 0.717) is 25.1 Å². The molecule has 1 aliphatic rings. The third kappa shape index (κ3) is 4.03. The number of hydrogen-bond donors (Lipinski definition) is 0. The lowest BCUT2D eigenvalue weighted by Crippen LogP contribution is -2.35. The number of hydrogen-bond acceptors (Lipinski definition) is 3. The first-order chi connectivity index (χ1) is 9.76. The van der Waals surface area contributed by atoms with Crippen LogP contribution in [-0.2, 0) is 4.74 Å². The van der Waals surface area contributed by atoms with E-state index in [9.17, 15) is 14.0 Å². The number of amides is 1. The van der Waals surface area contributed by atoms with Crippen LogP contribution in [0.1, 0.15) is 37.6 Å². The molecule has 5 heteroatoms.